The molecule has 0 atom stereocenters. The Morgan fingerprint density at radius 2 is 1.69 bits per heavy atom. The minimum absolute atomic E-state index is 0.00531. The molecule has 1 fully saturated rings. The average Bonchev–Trinajstić information content (AvgIpc) is 3.45. The first-order valence-electron chi connectivity index (χ1n) is 8.90. The molecule has 9 nitrogen and oxygen atoms in total. The summed E-state index contributed by atoms with van der Waals surface area (Å²) in [7, 11) is -6.36. The summed E-state index contributed by atoms with van der Waals surface area (Å²) in [5.41, 5.74) is 0.718. The number of pyridine rings is 1. The number of rotatable bonds is 8. The van der Waals surface area contributed by atoms with Gasteiger partial charge in [0.25, 0.3) is 0 Å². The van der Waals surface area contributed by atoms with Crippen molar-refractivity contribution in [3.05, 3.63) is 48.2 Å². The summed E-state index contributed by atoms with van der Waals surface area (Å²) in [6.45, 7) is 1.36. The number of nitrogens with zero attached hydrogens (tertiary/aromatic N) is 2. The number of anilines is 1. The summed E-state index contributed by atoms with van der Waals surface area (Å²) in [5.74, 6) is -0.208. The molecule has 29 heavy (non-hydrogen) atoms. The summed E-state index contributed by atoms with van der Waals surface area (Å²) >= 11 is 0. The van der Waals surface area contributed by atoms with E-state index >= 15 is 0 Å². The number of aryl methyl sites for hydroxylation is 1. The molecule has 0 spiro atoms. The van der Waals surface area contributed by atoms with E-state index in [4.69, 9.17) is 0 Å². The zero-order valence-electron chi connectivity index (χ0n) is 16.0. The molecule has 1 aromatic carbocycles. The monoisotopic (exact) mass is 438 g/mol. The Balaban J connectivity index is 1.68. The summed E-state index contributed by atoms with van der Waals surface area (Å²) in [5, 5.41) is 2.55. The molecule has 0 unspecified atom stereocenters. The molecular formula is C18H22N4O5S2. The zero-order valence-corrected chi connectivity index (χ0v) is 17.6. The summed E-state index contributed by atoms with van der Waals surface area (Å²) in [6.07, 6.45) is 1.60. The van der Waals surface area contributed by atoms with E-state index in [2.05, 4.69) is 15.0 Å². The van der Waals surface area contributed by atoms with Gasteiger partial charge >= 0.3 is 0 Å². The van der Waals surface area contributed by atoms with Gasteiger partial charge in [-0.15, -0.1) is 0 Å². The van der Waals surface area contributed by atoms with Crippen molar-refractivity contribution in [2.75, 3.05) is 18.9 Å². The van der Waals surface area contributed by atoms with Gasteiger partial charge in [-0.2, -0.15) is 4.31 Å². The van der Waals surface area contributed by atoms with E-state index < -0.39 is 32.5 Å². The normalized spacial score (nSPS) is 14.7. The fourth-order valence-electron chi connectivity index (χ4n) is 2.54. The number of hydrogen-bond donors (Lipinski definition) is 2. The van der Waals surface area contributed by atoms with Gasteiger partial charge in [0.1, 0.15) is 5.82 Å². The molecule has 1 saturated carbocycles. The highest BCUT2D eigenvalue weighted by molar-refractivity contribution is 7.89. The van der Waals surface area contributed by atoms with E-state index in [1.807, 2.05) is 0 Å². The van der Waals surface area contributed by atoms with Crippen LogP contribution in [0.4, 0.5) is 5.82 Å². The van der Waals surface area contributed by atoms with Crippen molar-refractivity contribution in [1.82, 2.24) is 14.0 Å². The molecule has 1 amide bonds. The number of nitrogens with one attached hydrogen (secondary N) is 2. The third-order valence-corrected chi connectivity index (χ3v) is 7.62. The Labute approximate surface area is 170 Å². The summed E-state index contributed by atoms with van der Waals surface area (Å²) in [6, 6.07) is 9.97. The van der Waals surface area contributed by atoms with Gasteiger partial charge in [0.2, 0.25) is 26.0 Å². The van der Waals surface area contributed by atoms with Crippen LogP contribution >= 0.6 is 0 Å². The van der Waals surface area contributed by atoms with Gasteiger partial charge in [-0.05, 0) is 56.2 Å². The standard InChI is InChI=1S/C18H22N4O5S2/c1-13-4-3-5-17(19-13)20-18(23)12-22(2)29(26,27)16-10-8-15(9-11-16)28(24,25)21-14-6-7-14/h3-5,8-11,14,21H,6-7,12H2,1-2H3,(H,19,20,23). The lowest BCUT2D eigenvalue weighted by Crippen LogP contribution is -2.35. The Morgan fingerprint density at radius 1 is 1.07 bits per heavy atom. The lowest BCUT2D eigenvalue weighted by atomic mass is 10.4. The number of hydrogen-bond acceptors (Lipinski definition) is 6. The Morgan fingerprint density at radius 3 is 2.28 bits per heavy atom. The molecule has 1 aliphatic rings. The molecule has 3 rings (SSSR count). The van der Waals surface area contributed by atoms with Gasteiger partial charge in [-0.25, -0.2) is 26.5 Å². The van der Waals surface area contributed by atoms with E-state index in [-0.39, 0.29) is 15.8 Å². The molecule has 0 aliphatic heterocycles. The van der Waals surface area contributed by atoms with E-state index in [1.165, 1.54) is 31.3 Å². The maximum atomic E-state index is 12.7. The van der Waals surface area contributed by atoms with Crippen molar-refractivity contribution >= 4 is 31.8 Å². The second kappa shape index (κ2) is 8.19. The maximum absolute atomic E-state index is 12.7. The van der Waals surface area contributed by atoms with Crippen LogP contribution in [0.3, 0.4) is 0 Å². The number of carbonyl (C=O) groups is 1. The maximum Gasteiger partial charge on any atom is 0.243 e. The largest absolute Gasteiger partial charge is 0.310 e. The van der Waals surface area contributed by atoms with E-state index in [9.17, 15) is 21.6 Å². The predicted octanol–water partition coefficient (Wildman–Crippen LogP) is 1.09. The molecular weight excluding hydrogens is 416 g/mol. The molecule has 1 aromatic heterocycles. The molecule has 0 radical (unpaired) electrons. The minimum atomic E-state index is -3.97. The quantitative estimate of drug-likeness (QED) is 0.635. The van der Waals surface area contributed by atoms with Gasteiger partial charge in [0.15, 0.2) is 0 Å². The molecule has 2 aromatic rings. The summed E-state index contributed by atoms with van der Waals surface area (Å²) < 4.78 is 53.2. The topological polar surface area (TPSA) is 126 Å². The van der Waals surface area contributed by atoms with Crippen molar-refractivity contribution in [3.63, 3.8) is 0 Å². The first-order chi connectivity index (χ1) is 13.6. The fourth-order valence-corrected chi connectivity index (χ4v) is 4.97. The smallest absolute Gasteiger partial charge is 0.243 e. The van der Waals surface area contributed by atoms with Crippen LogP contribution in [-0.4, -0.2) is 51.7 Å². The highest BCUT2D eigenvalue weighted by Crippen LogP contribution is 2.23. The first kappa shape index (κ1) is 21.4. The average molecular weight is 439 g/mol. The molecule has 0 saturated heterocycles. The van der Waals surface area contributed by atoms with Crippen LogP contribution in [0.25, 0.3) is 0 Å². The van der Waals surface area contributed by atoms with Gasteiger partial charge < -0.3 is 5.32 Å². The SMILES string of the molecule is Cc1cccc(NC(=O)CN(C)S(=O)(=O)c2ccc(S(=O)(=O)NC3CC3)cc2)n1. The van der Waals surface area contributed by atoms with E-state index in [0.717, 1.165) is 22.8 Å². The third kappa shape index (κ3) is 5.38. The van der Waals surface area contributed by atoms with Gasteiger partial charge in [0.05, 0.1) is 16.3 Å². The highest BCUT2D eigenvalue weighted by atomic mass is 32.2. The zero-order chi connectivity index (χ0) is 21.2. The van der Waals surface area contributed by atoms with Gasteiger partial charge in [-0.1, -0.05) is 6.07 Å². The van der Waals surface area contributed by atoms with Crippen molar-refractivity contribution in [2.45, 2.75) is 35.6 Å². The highest BCUT2D eigenvalue weighted by Gasteiger charge is 2.29. The molecule has 0 bridgehead atoms. The third-order valence-electron chi connectivity index (χ3n) is 4.26. The predicted molar refractivity (Wildman–Crippen MR) is 107 cm³/mol. The Hall–Kier alpha value is -2.34. The first-order valence-corrected chi connectivity index (χ1v) is 11.8. The Kier molecular flexibility index (Phi) is 6.03. The van der Waals surface area contributed by atoms with Crippen molar-refractivity contribution in [1.29, 1.82) is 0 Å². The van der Waals surface area contributed by atoms with Crippen molar-refractivity contribution in [3.8, 4) is 0 Å². The van der Waals surface area contributed by atoms with Crippen LogP contribution in [0, 0.1) is 6.92 Å². The van der Waals surface area contributed by atoms with Crippen LogP contribution in [0.1, 0.15) is 18.5 Å². The Bertz CT molecular complexity index is 1110. The number of sulfonamides is 2. The number of carbonyl (C=O) groups excluding carboxylic acids is 1. The van der Waals surface area contributed by atoms with Gasteiger partial charge in [0, 0.05) is 18.8 Å². The van der Waals surface area contributed by atoms with Gasteiger partial charge in [-0.3, -0.25) is 4.79 Å². The number of amides is 1. The molecule has 2 N–H and O–H groups in total. The van der Waals surface area contributed by atoms with Crippen LogP contribution in [-0.2, 0) is 24.8 Å². The second-order valence-corrected chi connectivity index (χ2v) is 10.6. The molecule has 156 valence electrons. The van der Waals surface area contributed by atoms with E-state index in [1.54, 1.807) is 25.1 Å². The molecule has 1 aliphatic carbocycles. The van der Waals surface area contributed by atoms with E-state index in [0.29, 0.717) is 5.82 Å². The number of aromatic nitrogens is 1. The lowest BCUT2D eigenvalue weighted by Gasteiger charge is -2.17. The van der Waals surface area contributed by atoms with Crippen LogP contribution < -0.4 is 10.0 Å². The summed E-state index contributed by atoms with van der Waals surface area (Å²) in [4.78, 5) is 16.2. The molecule has 11 heteroatoms. The molecule has 1 heterocycles. The van der Waals surface area contributed by atoms with Crippen LogP contribution in [0.15, 0.2) is 52.3 Å². The number of benzene rings is 1. The number of likely N-dealkylation sites (N-methyl/N-ethyl adjacent to an activating group) is 1. The second-order valence-electron chi connectivity index (χ2n) is 6.84. The van der Waals surface area contributed by atoms with Crippen molar-refractivity contribution in [2.24, 2.45) is 0 Å². The fraction of sp³-hybridized carbons (Fsp3) is 0.333. The van der Waals surface area contributed by atoms with Crippen LogP contribution in [0.5, 0.6) is 0 Å². The minimum Gasteiger partial charge on any atom is -0.310 e. The lowest BCUT2D eigenvalue weighted by molar-refractivity contribution is -0.116. The van der Waals surface area contributed by atoms with Crippen molar-refractivity contribution < 1.29 is 21.6 Å². The van der Waals surface area contributed by atoms with Crippen LogP contribution in [0.2, 0.25) is 0 Å².